The molecule has 0 bridgehead atoms. The summed E-state index contributed by atoms with van der Waals surface area (Å²) >= 11 is 0. The van der Waals surface area contributed by atoms with E-state index in [-0.39, 0.29) is 5.91 Å². The van der Waals surface area contributed by atoms with Gasteiger partial charge in [-0.2, -0.15) is 0 Å². The molecule has 2 aromatic heterocycles. The van der Waals surface area contributed by atoms with Gasteiger partial charge in [-0.3, -0.25) is 4.79 Å². The minimum absolute atomic E-state index is 0.165. The number of aryl methyl sites for hydroxylation is 2. The Morgan fingerprint density at radius 3 is 2.65 bits per heavy atom. The van der Waals surface area contributed by atoms with Crippen LogP contribution in [-0.2, 0) is 0 Å². The van der Waals surface area contributed by atoms with Gasteiger partial charge in [-0.05, 0) is 56.7 Å². The van der Waals surface area contributed by atoms with Crippen molar-refractivity contribution in [3.05, 3.63) is 59.5 Å². The van der Waals surface area contributed by atoms with Gasteiger partial charge >= 0.3 is 0 Å². The quantitative estimate of drug-likeness (QED) is 0.624. The Balaban J connectivity index is 1.68. The highest BCUT2D eigenvalue weighted by Crippen LogP contribution is 2.19. The maximum Gasteiger partial charge on any atom is 0.259 e. The van der Waals surface area contributed by atoms with E-state index in [4.69, 9.17) is 4.74 Å². The average Bonchev–Trinajstić information content (AvgIpc) is 3.04. The molecule has 5 heteroatoms. The first kappa shape index (κ1) is 18.0. The van der Waals surface area contributed by atoms with E-state index in [9.17, 15) is 4.79 Å². The highest BCUT2D eigenvalue weighted by molar-refractivity contribution is 6.08. The van der Waals surface area contributed by atoms with E-state index >= 15 is 0 Å². The van der Waals surface area contributed by atoms with Gasteiger partial charge in [0.15, 0.2) is 0 Å². The predicted molar refractivity (Wildman–Crippen MR) is 104 cm³/mol. The minimum atomic E-state index is -0.165. The van der Waals surface area contributed by atoms with E-state index in [2.05, 4.69) is 17.2 Å². The smallest absolute Gasteiger partial charge is 0.259 e. The van der Waals surface area contributed by atoms with Crippen LogP contribution in [0.25, 0.3) is 5.65 Å². The molecule has 0 aliphatic carbocycles. The van der Waals surface area contributed by atoms with Crippen LogP contribution in [0, 0.1) is 13.8 Å². The van der Waals surface area contributed by atoms with Crippen LogP contribution in [-0.4, -0.2) is 21.9 Å². The van der Waals surface area contributed by atoms with Crippen LogP contribution in [0.1, 0.15) is 47.9 Å². The number of carbonyl (C=O) groups is 1. The van der Waals surface area contributed by atoms with E-state index in [1.807, 2.05) is 54.8 Å². The number of aromatic nitrogens is 2. The molecule has 0 saturated carbocycles. The van der Waals surface area contributed by atoms with Crippen molar-refractivity contribution in [1.82, 2.24) is 9.38 Å². The van der Waals surface area contributed by atoms with Crippen molar-refractivity contribution in [3.8, 4) is 5.75 Å². The lowest BCUT2D eigenvalue weighted by Gasteiger charge is -2.08. The van der Waals surface area contributed by atoms with Crippen molar-refractivity contribution < 1.29 is 9.53 Å². The molecule has 1 N–H and O–H groups in total. The summed E-state index contributed by atoms with van der Waals surface area (Å²) in [6.07, 6.45) is 5.28. The number of amides is 1. The first-order chi connectivity index (χ1) is 12.6. The molecule has 1 amide bonds. The van der Waals surface area contributed by atoms with Crippen molar-refractivity contribution in [2.75, 3.05) is 11.9 Å². The molecule has 0 atom stereocenters. The van der Waals surface area contributed by atoms with Gasteiger partial charge in [0.1, 0.15) is 11.4 Å². The van der Waals surface area contributed by atoms with Crippen molar-refractivity contribution in [1.29, 1.82) is 0 Å². The number of rotatable bonds is 7. The Kier molecular flexibility index (Phi) is 5.56. The third-order valence-electron chi connectivity index (χ3n) is 4.31. The summed E-state index contributed by atoms with van der Waals surface area (Å²) in [4.78, 5) is 17.1. The number of anilines is 1. The molecule has 0 spiro atoms. The number of nitrogens with one attached hydrogen (secondary N) is 1. The molecule has 0 radical (unpaired) electrons. The second kappa shape index (κ2) is 8.04. The Morgan fingerprint density at radius 1 is 1.15 bits per heavy atom. The van der Waals surface area contributed by atoms with E-state index in [0.717, 1.165) is 35.9 Å². The van der Waals surface area contributed by atoms with E-state index in [1.165, 1.54) is 12.8 Å². The van der Waals surface area contributed by atoms with Gasteiger partial charge in [-0.25, -0.2) is 4.98 Å². The second-order valence-corrected chi connectivity index (χ2v) is 6.50. The molecule has 0 fully saturated rings. The average molecular weight is 351 g/mol. The summed E-state index contributed by atoms with van der Waals surface area (Å²) < 4.78 is 7.62. The topological polar surface area (TPSA) is 55.6 Å². The van der Waals surface area contributed by atoms with Crippen molar-refractivity contribution in [3.63, 3.8) is 0 Å². The van der Waals surface area contributed by atoms with Crippen molar-refractivity contribution in [2.45, 2.75) is 40.0 Å². The third-order valence-corrected chi connectivity index (χ3v) is 4.31. The van der Waals surface area contributed by atoms with Crippen LogP contribution < -0.4 is 10.1 Å². The van der Waals surface area contributed by atoms with Crippen LogP contribution in [0.5, 0.6) is 5.75 Å². The summed E-state index contributed by atoms with van der Waals surface area (Å²) in [5.74, 6) is 0.656. The monoisotopic (exact) mass is 351 g/mol. The van der Waals surface area contributed by atoms with Crippen LogP contribution in [0.3, 0.4) is 0 Å². The van der Waals surface area contributed by atoms with Gasteiger partial charge < -0.3 is 14.5 Å². The Morgan fingerprint density at radius 2 is 1.92 bits per heavy atom. The predicted octanol–water partition coefficient (Wildman–Crippen LogP) is 4.77. The normalized spacial score (nSPS) is 10.9. The Labute approximate surface area is 154 Å². The maximum absolute atomic E-state index is 12.6. The molecule has 0 unspecified atom stereocenters. The lowest BCUT2D eigenvalue weighted by Crippen LogP contribution is -2.12. The molecule has 1 aromatic carbocycles. The summed E-state index contributed by atoms with van der Waals surface area (Å²) in [5, 5.41) is 2.93. The molecule has 0 aliphatic heterocycles. The fraction of sp³-hybridized carbons (Fsp3) is 0.333. The SMILES string of the molecule is CCCCCOc1ccc(NC(=O)c2ccn3c(C)cc(C)nc23)cc1. The van der Waals surface area contributed by atoms with Gasteiger partial charge in [-0.15, -0.1) is 0 Å². The molecule has 136 valence electrons. The highest BCUT2D eigenvalue weighted by atomic mass is 16.5. The van der Waals surface area contributed by atoms with Gasteiger partial charge in [0.05, 0.1) is 12.2 Å². The third kappa shape index (κ3) is 4.04. The zero-order valence-electron chi connectivity index (χ0n) is 15.6. The van der Waals surface area contributed by atoms with E-state index < -0.39 is 0 Å². The number of hydrogen-bond donors (Lipinski definition) is 1. The lowest BCUT2D eigenvalue weighted by atomic mass is 10.2. The number of benzene rings is 1. The lowest BCUT2D eigenvalue weighted by molar-refractivity contribution is 0.102. The van der Waals surface area contributed by atoms with Gasteiger partial charge in [0, 0.05) is 23.3 Å². The summed E-state index contributed by atoms with van der Waals surface area (Å²) in [7, 11) is 0. The fourth-order valence-electron chi connectivity index (χ4n) is 2.95. The number of ether oxygens (including phenoxy) is 1. The van der Waals surface area contributed by atoms with E-state index in [0.29, 0.717) is 11.2 Å². The minimum Gasteiger partial charge on any atom is -0.494 e. The molecular weight excluding hydrogens is 326 g/mol. The van der Waals surface area contributed by atoms with Crippen LogP contribution in [0.4, 0.5) is 5.69 Å². The molecule has 26 heavy (non-hydrogen) atoms. The Hall–Kier alpha value is -2.82. The second-order valence-electron chi connectivity index (χ2n) is 6.50. The number of nitrogens with zero attached hydrogens (tertiary/aromatic N) is 2. The van der Waals surface area contributed by atoms with E-state index in [1.54, 1.807) is 6.07 Å². The van der Waals surface area contributed by atoms with Gasteiger partial charge in [0.2, 0.25) is 0 Å². The molecule has 5 nitrogen and oxygen atoms in total. The largest absolute Gasteiger partial charge is 0.494 e. The van der Waals surface area contributed by atoms with Crippen LogP contribution >= 0.6 is 0 Å². The summed E-state index contributed by atoms with van der Waals surface area (Å²) in [5.41, 5.74) is 3.93. The highest BCUT2D eigenvalue weighted by Gasteiger charge is 2.14. The molecule has 2 heterocycles. The first-order valence-electron chi connectivity index (χ1n) is 9.08. The molecule has 3 aromatic rings. The number of unbranched alkanes of at least 4 members (excludes halogenated alkanes) is 2. The Bertz CT molecular complexity index is 898. The molecule has 3 rings (SSSR count). The van der Waals surface area contributed by atoms with Crippen LogP contribution in [0.2, 0.25) is 0 Å². The summed E-state index contributed by atoms with van der Waals surface area (Å²) in [6, 6.07) is 11.3. The number of carbonyl (C=O) groups excluding carboxylic acids is 1. The number of fused-ring (bicyclic) bond motifs is 1. The zero-order chi connectivity index (χ0) is 18.5. The van der Waals surface area contributed by atoms with Crippen molar-refractivity contribution >= 4 is 17.2 Å². The van der Waals surface area contributed by atoms with Gasteiger partial charge in [-0.1, -0.05) is 19.8 Å². The van der Waals surface area contributed by atoms with Crippen molar-refractivity contribution in [2.24, 2.45) is 0 Å². The standard InChI is InChI=1S/C21H25N3O2/c1-4-5-6-13-26-18-9-7-17(8-10-18)23-21(25)19-11-12-24-16(3)14-15(2)22-20(19)24/h7-12,14H,4-6,13H2,1-3H3,(H,23,25). The molecule has 0 saturated heterocycles. The van der Waals surface area contributed by atoms with Crippen LogP contribution in [0.15, 0.2) is 42.6 Å². The molecule has 0 aliphatic rings. The maximum atomic E-state index is 12.6. The zero-order valence-corrected chi connectivity index (χ0v) is 15.6. The molecular formula is C21H25N3O2. The van der Waals surface area contributed by atoms with Gasteiger partial charge in [0.25, 0.3) is 5.91 Å². The number of hydrogen-bond acceptors (Lipinski definition) is 3. The fourth-order valence-corrected chi connectivity index (χ4v) is 2.95. The first-order valence-corrected chi connectivity index (χ1v) is 9.08. The summed E-state index contributed by atoms with van der Waals surface area (Å²) in [6.45, 7) is 6.83.